The topological polar surface area (TPSA) is 26.3 Å². The van der Waals surface area contributed by atoms with Gasteiger partial charge in [-0.25, -0.2) is 0 Å². The number of ketones is 1. The van der Waals surface area contributed by atoms with Crippen LogP contribution in [0.1, 0.15) is 26.3 Å². The second-order valence-electron chi connectivity index (χ2n) is 2.81. The smallest absolute Gasteiger partial charge is 0.167 e. The van der Waals surface area contributed by atoms with Gasteiger partial charge in [-0.05, 0) is 31.5 Å². The number of Topliss-reactive ketones (excluding diaryl/α,β-unsaturated/α-hetero) is 1. The fourth-order valence-electron chi connectivity index (χ4n) is 0.890. The van der Waals surface area contributed by atoms with Crippen LogP contribution < -0.4 is 4.74 Å². The van der Waals surface area contributed by atoms with Gasteiger partial charge in [0.25, 0.3) is 0 Å². The summed E-state index contributed by atoms with van der Waals surface area (Å²) in [6, 6.07) is 7.64. The molecule has 0 radical (unpaired) electrons. The molecule has 0 saturated heterocycles. The predicted octanol–water partition coefficient (Wildman–Crippen LogP) is 2.99. The molecule has 0 amide bonds. The van der Waals surface area contributed by atoms with Crippen molar-refractivity contribution in [2.75, 3.05) is 6.61 Å². The van der Waals surface area contributed by atoms with Crippen LogP contribution in [0.15, 0.2) is 24.3 Å². The molecule has 78 valence electrons. The second kappa shape index (κ2) is 7.13. The molecule has 1 aromatic carbocycles. The summed E-state index contributed by atoms with van der Waals surface area (Å²) < 4.78 is 5.20. The molecule has 0 aromatic heterocycles. The molecule has 1 rings (SSSR count). The molecule has 2 nitrogen and oxygen atoms in total. The zero-order chi connectivity index (χ0) is 11.0. The van der Waals surface area contributed by atoms with E-state index < -0.39 is 0 Å². The molecular weight excluding hydrogens is 176 g/mol. The van der Waals surface area contributed by atoms with E-state index in [1.165, 1.54) is 6.92 Å². The first kappa shape index (κ1) is 12.7. The quantitative estimate of drug-likeness (QED) is 0.739. The Morgan fingerprint density at radius 2 is 2.00 bits per heavy atom. The number of carbonyl (C=O) groups is 1. The number of carbonyl (C=O) groups excluding carboxylic acids is 1. The van der Waals surface area contributed by atoms with Crippen LogP contribution >= 0.6 is 0 Å². The molecule has 0 saturated carbocycles. The van der Waals surface area contributed by atoms with E-state index in [9.17, 15) is 4.79 Å². The van der Waals surface area contributed by atoms with E-state index in [0.717, 1.165) is 11.3 Å². The van der Waals surface area contributed by atoms with Gasteiger partial charge >= 0.3 is 0 Å². The van der Waals surface area contributed by atoms with E-state index in [1.807, 2.05) is 45.0 Å². The normalized spacial score (nSPS) is 8.57. The highest BCUT2D eigenvalue weighted by Gasteiger charge is 1.95. The van der Waals surface area contributed by atoms with Crippen LogP contribution in [0.3, 0.4) is 0 Å². The van der Waals surface area contributed by atoms with Crippen molar-refractivity contribution >= 4 is 5.78 Å². The van der Waals surface area contributed by atoms with Crippen molar-refractivity contribution < 1.29 is 9.53 Å². The highest BCUT2D eigenvalue weighted by atomic mass is 16.5. The number of ether oxygens (including phenoxy) is 1. The van der Waals surface area contributed by atoms with Gasteiger partial charge in [0.05, 0.1) is 0 Å². The van der Waals surface area contributed by atoms with Gasteiger partial charge in [-0.3, -0.25) is 4.79 Å². The highest BCUT2D eigenvalue weighted by molar-refractivity contribution is 5.77. The molecular formula is C12H18O2. The Labute approximate surface area is 85.9 Å². The maximum atomic E-state index is 10.6. The summed E-state index contributed by atoms with van der Waals surface area (Å²) in [4.78, 5) is 10.6. The van der Waals surface area contributed by atoms with E-state index in [4.69, 9.17) is 4.74 Å². The van der Waals surface area contributed by atoms with Gasteiger partial charge in [0.1, 0.15) is 12.4 Å². The van der Waals surface area contributed by atoms with Gasteiger partial charge in [-0.1, -0.05) is 26.0 Å². The molecule has 0 aliphatic carbocycles. The third-order valence-electron chi connectivity index (χ3n) is 1.43. The molecule has 0 unspecified atom stereocenters. The van der Waals surface area contributed by atoms with Crippen molar-refractivity contribution in [1.82, 2.24) is 0 Å². The summed E-state index contributed by atoms with van der Waals surface area (Å²) in [6.45, 7) is 7.65. The number of aryl methyl sites for hydroxylation is 1. The minimum atomic E-state index is 0.0384. The van der Waals surface area contributed by atoms with E-state index in [-0.39, 0.29) is 12.4 Å². The van der Waals surface area contributed by atoms with Crippen molar-refractivity contribution in [2.24, 2.45) is 0 Å². The molecule has 0 N–H and O–H groups in total. The van der Waals surface area contributed by atoms with Crippen LogP contribution in [0.25, 0.3) is 0 Å². The number of hydrogen-bond acceptors (Lipinski definition) is 2. The average Bonchev–Trinajstić information content (AvgIpc) is 2.18. The summed E-state index contributed by atoms with van der Waals surface area (Å²) >= 11 is 0. The minimum absolute atomic E-state index is 0.0384. The molecule has 0 atom stereocenters. The first-order valence-electron chi connectivity index (χ1n) is 4.87. The van der Waals surface area contributed by atoms with E-state index in [1.54, 1.807) is 0 Å². The highest BCUT2D eigenvalue weighted by Crippen LogP contribution is 2.11. The van der Waals surface area contributed by atoms with Crippen LogP contribution in [-0.4, -0.2) is 12.4 Å². The molecule has 0 spiro atoms. The Kier molecular flexibility index (Phi) is 6.46. The fourth-order valence-corrected chi connectivity index (χ4v) is 0.890. The van der Waals surface area contributed by atoms with Gasteiger partial charge in [0.2, 0.25) is 0 Å². The summed E-state index contributed by atoms with van der Waals surface area (Å²) in [7, 11) is 0. The van der Waals surface area contributed by atoms with Crippen molar-refractivity contribution in [1.29, 1.82) is 0 Å². The SMILES string of the molecule is CC.CC(=O)COc1cccc(C)c1. The Morgan fingerprint density at radius 3 is 2.50 bits per heavy atom. The lowest BCUT2D eigenvalue weighted by Crippen LogP contribution is -2.06. The number of rotatable bonds is 3. The lowest BCUT2D eigenvalue weighted by atomic mass is 10.2. The van der Waals surface area contributed by atoms with Crippen molar-refractivity contribution in [2.45, 2.75) is 27.7 Å². The predicted molar refractivity (Wildman–Crippen MR) is 58.7 cm³/mol. The minimum Gasteiger partial charge on any atom is -0.486 e. The Balaban J connectivity index is 0.000000791. The second-order valence-corrected chi connectivity index (χ2v) is 2.81. The summed E-state index contributed by atoms with van der Waals surface area (Å²) in [5, 5.41) is 0. The van der Waals surface area contributed by atoms with Gasteiger partial charge in [0, 0.05) is 0 Å². The third kappa shape index (κ3) is 5.36. The Bertz CT molecular complexity index is 279. The lowest BCUT2D eigenvalue weighted by Gasteiger charge is -2.03. The Morgan fingerprint density at radius 1 is 1.36 bits per heavy atom. The van der Waals surface area contributed by atoms with Crippen LogP contribution in [-0.2, 0) is 4.79 Å². The van der Waals surface area contributed by atoms with E-state index >= 15 is 0 Å². The summed E-state index contributed by atoms with van der Waals surface area (Å²) in [5.74, 6) is 0.793. The lowest BCUT2D eigenvalue weighted by molar-refractivity contribution is -0.118. The maximum Gasteiger partial charge on any atom is 0.167 e. The molecule has 1 aromatic rings. The van der Waals surface area contributed by atoms with Crippen molar-refractivity contribution in [3.8, 4) is 5.75 Å². The number of benzene rings is 1. The first-order chi connectivity index (χ1) is 6.68. The van der Waals surface area contributed by atoms with Crippen LogP contribution in [0.4, 0.5) is 0 Å². The fraction of sp³-hybridized carbons (Fsp3) is 0.417. The maximum absolute atomic E-state index is 10.6. The molecule has 14 heavy (non-hydrogen) atoms. The summed E-state index contributed by atoms with van der Waals surface area (Å²) in [6.07, 6.45) is 0. The third-order valence-corrected chi connectivity index (χ3v) is 1.43. The number of hydrogen-bond donors (Lipinski definition) is 0. The zero-order valence-corrected chi connectivity index (χ0v) is 9.33. The molecule has 0 heterocycles. The molecule has 0 aliphatic rings. The van der Waals surface area contributed by atoms with Gasteiger partial charge in [-0.2, -0.15) is 0 Å². The molecule has 0 aliphatic heterocycles. The standard InChI is InChI=1S/C10H12O2.C2H6/c1-8-4-3-5-10(6-8)12-7-9(2)11;1-2/h3-6H,7H2,1-2H3;1-2H3. The van der Waals surface area contributed by atoms with E-state index in [0.29, 0.717) is 0 Å². The van der Waals surface area contributed by atoms with Gasteiger partial charge in [0.15, 0.2) is 5.78 Å². The van der Waals surface area contributed by atoms with E-state index in [2.05, 4.69) is 0 Å². The van der Waals surface area contributed by atoms with Crippen LogP contribution in [0.5, 0.6) is 5.75 Å². The molecule has 0 bridgehead atoms. The Hall–Kier alpha value is -1.31. The van der Waals surface area contributed by atoms with Gasteiger partial charge < -0.3 is 4.74 Å². The average molecular weight is 194 g/mol. The molecule has 0 fully saturated rings. The largest absolute Gasteiger partial charge is 0.486 e. The van der Waals surface area contributed by atoms with Gasteiger partial charge in [-0.15, -0.1) is 0 Å². The zero-order valence-electron chi connectivity index (χ0n) is 9.33. The van der Waals surface area contributed by atoms with Crippen molar-refractivity contribution in [3.05, 3.63) is 29.8 Å². The van der Waals surface area contributed by atoms with Crippen LogP contribution in [0, 0.1) is 6.92 Å². The monoisotopic (exact) mass is 194 g/mol. The van der Waals surface area contributed by atoms with Crippen LogP contribution in [0.2, 0.25) is 0 Å². The summed E-state index contributed by atoms with van der Waals surface area (Å²) in [5.41, 5.74) is 1.14. The van der Waals surface area contributed by atoms with Crippen molar-refractivity contribution in [3.63, 3.8) is 0 Å². The molecule has 2 heteroatoms. The first-order valence-corrected chi connectivity index (χ1v) is 4.87.